The average molecular weight is 341 g/mol. The molecule has 3 heterocycles. The van der Waals surface area contributed by atoms with Gasteiger partial charge in [-0.3, -0.25) is 9.89 Å². The van der Waals surface area contributed by atoms with Crippen molar-refractivity contribution in [2.24, 2.45) is 0 Å². The topological polar surface area (TPSA) is 65.1 Å². The Balaban J connectivity index is 1.85. The minimum absolute atomic E-state index is 0.00235. The Labute approximate surface area is 149 Å². The normalized spacial score (nSPS) is 17.8. The molecule has 2 aromatic rings. The van der Waals surface area contributed by atoms with Gasteiger partial charge in [0.25, 0.3) is 5.91 Å². The molecule has 6 heteroatoms. The zero-order valence-electron chi connectivity index (χ0n) is 15.7. The van der Waals surface area contributed by atoms with E-state index in [-0.39, 0.29) is 17.4 Å². The van der Waals surface area contributed by atoms with Crippen molar-refractivity contribution in [3.05, 3.63) is 41.3 Å². The summed E-state index contributed by atoms with van der Waals surface area (Å²) in [5.41, 5.74) is 2.56. The van der Waals surface area contributed by atoms with E-state index in [1.807, 2.05) is 42.2 Å². The molecular weight excluding hydrogens is 314 g/mol. The second kappa shape index (κ2) is 6.50. The maximum absolute atomic E-state index is 13.0. The monoisotopic (exact) mass is 341 g/mol. The van der Waals surface area contributed by atoms with Crippen LogP contribution in [0.5, 0.6) is 0 Å². The summed E-state index contributed by atoms with van der Waals surface area (Å²) in [5.74, 6) is 0.907. The van der Waals surface area contributed by atoms with Crippen LogP contribution in [0.3, 0.4) is 0 Å². The molecule has 1 aliphatic heterocycles. The molecule has 134 valence electrons. The van der Waals surface area contributed by atoms with E-state index in [1.54, 1.807) is 0 Å². The summed E-state index contributed by atoms with van der Waals surface area (Å²) in [5, 5.41) is 7.28. The van der Waals surface area contributed by atoms with E-state index < -0.39 is 0 Å². The number of H-pyrrole nitrogens is 1. The Kier molecular flexibility index (Phi) is 4.54. The second-order valence-corrected chi connectivity index (χ2v) is 7.92. The van der Waals surface area contributed by atoms with Gasteiger partial charge in [-0.15, -0.1) is 0 Å². The van der Waals surface area contributed by atoms with Crippen LogP contribution in [0.4, 0.5) is 5.82 Å². The fraction of sp³-hybridized carbons (Fsp3) is 0.526. The number of amides is 1. The van der Waals surface area contributed by atoms with Gasteiger partial charge in [0.1, 0.15) is 11.5 Å². The number of likely N-dealkylation sites (tertiary alicyclic amines) is 1. The van der Waals surface area contributed by atoms with Crippen molar-refractivity contribution in [2.75, 3.05) is 25.5 Å². The molecule has 0 aliphatic carbocycles. The third-order valence-corrected chi connectivity index (χ3v) is 4.73. The van der Waals surface area contributed by atoms with E-state index in [2.05, 4.69) is 42.0 Å². The number of pyridine rings is 1. The molecule has 1 fully saturated rings. The highest BCUT2D eigenvalue weighted by molar-refractivity contribution is 5.93. The average Bonchev–Trinajstić information content (AvgIpc) is 3.23. The van der Waals surface area contributed by atoms with Gasteiger partial charge in [-0.05, 0) is 36.6 Å². The maximum atomic E-state index is 13.0. The molecule has 2 aromatic heterocycles. The lowest BCUT2D eigenvalue weighted by atomic mass is 9.92. The molecule has 1 amide bonds. The summed E-state index contributed by atoms with van der Waals surface area (Å²) in [6.07, 6.45) is 3.80. The number of anilines is 1. The van der Waals surface area contributed by atoms with E-state index in [1.165, 1.54) is 0 Å². The number of aromatic amines is 1. The summed E-state index contributed by atoms with van der Waals surface area (Å²) < 4.78 is 0. The van der Waals surface area contributed by atoms with Crippen LogP contribution in [0.1, 0.15) is 61.4 Å². The van der Waals surface area contributed by atoms with Crippen LogP contribution in [0.25, 0.3) is 0 Å². The van der Waals surface area contributed by atoms with E-state index in [4.69, 9.17) is 0 Å². The second-order valence-electron chi connectivity index (χ2n) is 7.92. The Bertz CT molecular complexity index is 759. The smallest absolute Gasteiger partial charge is 0.274 e. The van der Waals surface area contributed by atoms with E-state index in [0.717, 1.165) is 36.5 Å². The quantitative estimate of drug-likeness (QED) is 0.931. The summed E-state index contributed by atoms with van der Waals surface area (Å²) in [7, 11) is 3.95. The number of hydrogen-bond donors (Lipinski definition) is 1. The lowest BCUT2D eigenvalue weighted by Crippen LogP contribution is -2.31. The number of nitrogens with zero attached hydrogens (tertiary/aromatic N) is 4. The third kappa shape index (κ3) is 3.52. The number of rotatable bonds is 3. The van der Waals surface area contributed by atoms with Crippen molar-refractivity contribution in [3.63, 3.8) is 0 Å². The number of nitrogens with one attached hydrogen (secondary N) is 1. The van der Waals surface area contributed by atoms with Crippen LogP contribution in [0.2, 0.25) is 0 Å². The molecule has 6 nitrogen and oxygen atoms in total. The van der Waals surface area contributed by atoms with Gasteiger partial charge in [-0.25, -0.2) is 4.98 Å². The number of aromatic nitrogens is 3. The van der Waals surface area contributed by atoms with Gasteiger partial charge in [0.2, 0.25) is 0 Å². The lowest BCUT2D eigenvalue weighted by Gasteiger charge is -2.25. The Morgan fingerprint density at radius 2 is 2.08 bits per heavy atom. The summed E-state index contributed by atoms with van der Waals surface area (Å²) in [6, 6.07) is 6.05. The molecule has 1 unspecified atom stereocenters. The van der Waals surface area contributed by atoms with Gasteiger partial charge in [0, 0.05) is 37.9 Å². The van der Waals surface area contributed by atoms with Crippen LogP contribution >= 0.6 is 0 Å². The molecule has 1 saturated heterocycles. The van der Waals surface area contributed by atoms with E-state index in [9.17, 15) is 4.79 Å². The molecule has 0 saturated carbocycles. The first-order valence-electron chi connectivity index (χ1n) is 8.77. The van der Waals surface area contributed by atoms with Crippen LogP contribution < -0.4 is 4.90 Å². The van der Waals surface area contributed by atoms with Gasteiger partial charge < -0.3 is 9.80 Å². The number of hydrogen-bond acceptors (Lipinski definition) is 4. The van der Waals surface area contributed by atoms with Crippen molar-refractivity contribution in [3.8, 4) is 0 Å². The first kappa shape index (κ1) is 17.5. The highest BCUT2D eigenvalue weighted by atomic mass is 16.2. The van der Waals surface area contributed by atoms with Crippen molar-refractivity contribution in [1.82, 2.24) is 20.1 Å². The van der Waals surface area contributed by atoms with Crippen LogP contribution in [0, 0.1) is 0 Å². The summed E-state index contributed by atoms with van der Waals surface area (Å²) in [6.45, 7) is 7.08. The van der Waals surface area contributed by atoms with Crippen LogP contribution in [-0.4, -0.2) is 46.6 Å². The Morgan fingerprint density at radius 1 is 1.32 bits per heavy atom. The SMILES string of the molecule is CN(C)c1cc(C2CCCN2C(=O)c2cc(C(C)(C)C)[nH]n2)ccn1. The van der Waals surface area contributed by atoms with Crippen LogP contribution in [-0.2, 0) is 5.41 Å². The van der Waals surface area contributed by atoms with Crippen LogP contribution in [0.15, 0.2) is 24.4 Å². The molecular formula is C19H27N5O. The highest BCUT2D eigenvalue weighted by Gasteiger charge is 2.32. The molecule has 0 aromatic carbocycles. The zero-order chi connectivity index (χ0) is 18.2. The van der Waals surface area contributed by atoms with Gasteiger partial charge in [-0.1, -0.05) is 20.8 Å². The van der Waals surface area contributed by atoms with Crippen molar-refractivity contribution in [1.29, 1.82) is 0 Å². The fourth-order valence-electron chi connectivity index (χ4n) is 3.20. The Hall–Kier alpha value is -2.37. The van der Waals surface area contributed by atoms with Crippen molar-refractivity contribution < 1.29 is 4.79 Å². The zero-order valence-corrected chi connectivity index (χ0v) is 15.7. The minimum Gasteiger partial charge on any atom is -0.363 e. The summed E-state index contributed by atoms with van der Waals surface area (Å²) >= 11 is 0. The first-order valence-corrected chi connectivity index (χ1v) is 8.77. The maximum Gasteiger partial charge on any atom is 0.274 e. The highest BCUT2D eigenvalue weighted by Crippen LogP contribution is 2.34. The minimum atomic E-state index is -0.0539. The lowest BCUT2D eigenvalue weighted by molar-refractivity contribution is 0.0729. The number of carbonyl (C=O) groups is 1. The van der Waals surface area contributed by atoms with Gasteiger partial charge in [0.15, 0.2) is 0 Å². The predicted octanol–water partition coefficient (Wildman–Crippen LogP) is 3.15. The third-order valence-electron chi connectivity index (χ3n) is 4.73. The fourth-order valence-corrected chi connectivity index (χ4v) is 3.20. The molecule has 1 atom stereocenters. The van der Waals surface area contributed by atoms with E-state index in [0.29, 0.717) is 5.69 Å². The Morgan fingerprint density at radius 3 is 2.72 bits per heavy atom. The molecule has 0 bridgehead atoms. The standard InChI is InChI=1S/C19H27N5O/c1-19(2,3)16-12-14(21-22-16)18(25)24-10-6-7-15(24)13-8-9-20-17(11-13)23(4)5/h8-9,11-12,15H,6-7,10H2,1-5H3,(H,21,22). The van der Waals surface area contributed by atoms with E-state index >= 15 is 0 Å². The van der Waals surface area contributed by atoms with Gasteiger partial charge in [0.05, 0.1) is 6.04 Å². The predicted molar refractivity (Wildman–Crippen MR) is 98.9 cm³/mol. The largest absolute Gasteiger partial charge is 0.363 e. The molecule has 0 spiro atoms. The summed E-state index contributed by atoms with van der Waals surface area (Å²) in [4.78, 5) is 21.3. The molecule has 0 radical (unpaired) electrons. The molecule has 1 aliphatic rings. The van der Waals surface area contributed by atoms with Crippen molar-refractivity contribution >= 4 is 11.7 Å². The van der Waals surface area contributed by atoms with Gasteiger partial charge >= 0.3 is 0 Å². The molecule has 3 rings (SSSR count). The molecule has 1 N–H and O–H groups in total. The van der Waals surface area contributed by atoms with Gasteiger partial charge in [-0.2, -0.15) is 5.10 Å². The number of carbonyl (C=O) groups excluding carboxylic acids is 1. The van der Waals surface area contributed by atoms with Crippen molar-refractivity contribution in [2.45, 2.75) is 45.1 Å². The molecule has 25 heavy (non-hydrogen) atoms. The first-order chi connectivity index (χ1) is 11.8.